The lowest BCUT2D eigenvalue weighted by molar-refractivity contribution is -0.139. The molecule has 3 nitrogen and oxygen atoms in total. The summed E-state index contributed by atoms with van der Waals surface area (Å²) in [6, 6.07) is 15.3. The molecule has 1 atom stereocenters. The first-order valence-corrected chi connectivity index (χ1v) is 6.23. The Labute approximate surface area is 115 Å². The second kappa shape index (κ2) is 5.17. The number of esters is 1. The molecule has 1 unspecified atom stereocenters. The van der Waals surface area contributed by atoms with Crippen LogP contribution >= 0.6 is 0 Å². The summed E-state index contributed by atoms with van der Waals surface area (Å²) in [6.07, 6.45) is 1.22. The Kier molecular flexibility index (Phi) is 3.21. The molecule has 4 heteroatoms. The zero-order valence-electron chi connectivity index (χ0n) is 10.5. The van der Waals surface area contributed by atoms with Crippen molar-refractivity contribution in [3.05, 3.63) is 77.8 Å². The van der Waals surface area contributed by atoms with Crippen LogP contribution in [-0.2, 0) is 9.53 Å². The lowest BCUT2D eigenvalue weighted by Crippen LogP contribution is -2.08. The number of rotatable bonds is 3. The van der Waals surface area contributed by atoms with E-state index in [0.29, 0.717) is 5.70 Å². The molecule has 3 rings (SSSR count). The predicted octanol–water partition coefficient (Wildman–Crippen LogP) is 3.42. The molecule has 0 amide bonds. The summed E-state index contributed by atoms with van der Waals surface area (Å²) in [4.78, 5) is 11.8. The topological polar surface area (TPSA) is 38.3 Å². The number of para-hydroxylation sites is 1. The smallest absolute Gasteiger partial charge is 0.355 e. The van der Waals surface area contributed by atoms with E-state index in [1.165, 1.54) is 12.1 Å². The largest absolute Gasteiger partial charge is 0.448 e. The summed E-state index contributed by atoms with van der Waals surface area (Å²) in [6.45, 7) is 0. The van der Waals surface area contributed by atoms with Gasteiger partial charge in [-0.1, -0.05) is 30.3 Å². The van der Waals surface area contributed by atoms with E-state index in [9.17, 15) is 9.18 Å². The van der Waals surface area contributed by atoms with Crippen LogP contribution in [0.25, 0.3) is 0 Å². The Hall–Kier alpha value is -2.62. The molecule has 0 aliphatic carbocycles. The van der Waals surface area contributed by atoms with E-state index in [4.69, 9.17) is 4.74 Å². The van der Waals surface area contributed by atoms with Gasteiger partial charge < -0.3 is 10.1 Å². The molecule has 1 heterocycles. The maximum atomic E-state index is 12.9. The van der Waals surface area contributed by atoms with Gasteiger partial charge >= 0.3 is 5.97 Å². The highest BCUT2D eigenvalue weighted by Crippen LogP contribution is 2.28. The molecular weight excluding hydrogens is 257 g/mol. The molecule has 0 spiro atoms. The fourth-order valence-corrected chi connectivity index (χ4v) is 2.02. The van der Waals surface area contributed by atoms with Gasteiger partial charge in [0.2, 0.25) is 0 Å². The van der Waals surface area contributed by atoms with E-state index in [0.717, 1.165) is 11.3 Å². The van der Waals surface area contributed by atoms with Gasteiger partial charge in [-0.15, -0.1) is 0 Å². The minimum absolute atomic E-state index is 0.315. The van der Waals surface area contributed by atoms with Crippen LogP contribution in [0.1, 0.15) is 11.7 Å². The molecule has 0 aromatic heterocycles. The van der Waals surface area contributed by atoms with Crippen molar-refractivity contribution in [3.63, 3.8) is 0 Å². The second-order valence-electron chi connectivity index (χ2n) is 4.45. The lowest BCUT2D eigenvalue weighted by atomic mass is 10.1. The summed E-state index contributed by atoms with van der Waals surface area (Å²) in [5.41, 5.74) is 1.95. The number of ether oxygens (including phenoxy) is 1. The lowest BCUT2D eigenvalue weighted by Gasteiger charge is -2.07. The van der Waals surface area contributed by atoms with Crippen LogP contribution in [0, 0.1) is 5.82 Å². The molecule has 0 fully saturated rings. The second-order valence-corrected chi connectivity index (χ2v) is 4.45. The van der Waals surface area contributed by atoms with Gasteiger partial charge in [0.25, 0.3) is 0 Å². The molecule has 20 heavy (non-hydrogen) atoms. The first-order valence-electron chi connectivity index (χ1n) is 6.23. The van der Waals surface area contributed by atoms with Crippen LogP contribution < -0.4 is 5.32 Å². The molecular formula is C16H12FNO2. The van der Waals surface area contributed by atoms with Gasteiger partial charge in [-0.05, 0) is 35.9 Å². The Morgan fingerprint density at radius 1 is 1.00 bits per heavy atom. The number of anilines is 1. The monoisotopic (exact) mass is 269 g/mol. The van der Waals surface area contributed by atoms with E-state index in [-0.39, 0.29) is 5.82 Å². The number of nitrogens with one attached hydrogen (secondary N) is 1. The number of halogens is 1. The molecule has 1 N–H and O–H groups in total. The van der Waals surface area contributed by atoms with Gasteiger partial charge in [0.1, 0.15) is 17.6 Å². The molecule has 0 saturated heterocycles. The van der Waals surface area contributed by atoms with E-state index >= 15 is 0 Å². The van der Waals surface area contributed by atoms with Crippen LogP contribution in [0.2, 0.25) is 0 Å². The first kappa shape index (κ1) is 12.4. The average molecular weight is 269 g/mol. The zero-order valence-corrected chi connectivity index (χ0v) is 10.5. The maximum absolute atomic E-state index is 12.9. The van der Waals surface area contributed by atoms with Crippen LogP contribution in [0.15, 0.2) is 66.4 Å². The van der Waals surface area contributed by atoms with Crippen molar-refractivity contribution in [2.75, 3.05) is 5.32 Å². The quantitative estimate of drug-likeness (QED) is 0.868. The van der Waals surface area contributed by atoms with Crippen molar-refractivity contribution in [2.45, 2.75) is 6.10 Å². The van der Waals surface area contributed by atoms with Crippen molar-refractivity contribution in [2.24, 2.45) is 0 Å². The summed E-state index contributed by atoms with van der Waals surface area (Å²) in [7, 11) is 0. The van der Waals surface area contributed by atoms with Crippen LogP contribution in [0.5, 0.6) is 0 Å². The summed E-state index contributed by atoms with van der Waals surface area (Å²) in [5, 5.41) is 3.01. The van der Waals surface area contributed by atoms with Crippen LogP contribution in [0.3, 0.4) is 0 Å². The number of hydrogen-bond donors (Lipinski definition) is 1. The van der Waals surface area contributed by atoms with Crippen LogP contribution in [0.4, 0.5) is 10.1 Å². The zero-order chi connectivity index (χ0) is 13.9. The highest BCUT2D eigenvalue weighted by molar-refractivity contribution is 5.94. The molecule has 0 saturated carbocycles. The molecule has 100 valence electrons. The van der Waals surface area contributed by atoms with Gasteiger partial charge in [0.05, 0.1) is 0 Å². The minimum atomic E-state index is -0.477. The molecule has 0 radical (unpaired) electrons. The van der Waals surface area contributed by atoms with Gasteiger partial charge in [-0.25, -0.2) is 9.18 Å². The van der Waals surface area contributed by atoms with E-state index < -0.39 is 12.1 Å². The highest BCUT2D eigenvalue weighted by atomic mass is 19.1. The number of benzene rings is 2. The van der Waals surface area contributed by atoms with E-state index in [2.05, 4.69) is 5.32 Å². The fraction of sp³-hybridized carbons (Fsp3) is 0.0625. The third-order valence-electron chi connectivity index (χ3n) is 3.02. The number of carbonyl (C=O) groups is 1. The van der Waals surface area contributed by atoms with E-state index in [1.54, 1.807) is 18.2 Å². The van der Waals surface area contributed by atoms with Gasteiger partial charge in [0, 0.05) is 5.69 Å². The third-order valence-corrected chi connectivity index (χ3v) is 3.02. The Bertz CT molecular complexity index is 650. The maximum Gasteiger partial charge on any atom is 0.355 e. The molecule has 2 aromatic rings. The Morgan fingerprint density at radius 3 is 2.40 bits per heavy atom. The third kappa shape index (κ3) is 2.54. The highest BCUT2D eigenvalue weighted by Gasteiger charge is 2.26. The summed E-state index contributed by atoms with van der Waals surface area (Å²) in [5.74, 6) is -0.729. The Balaban J connectivity index is 1.80. The number of hydrogen-bond acceptors (Lipinski definition) is 3. The Morgan fingerprint density at radius 2 is 1.70 bits per heavy atom. The molecule has 1 aliphatic heterocycles. The van der Waals surface area contributed by atoms with Crippen molar-refractivity contribution < 1.29 is 13.9 Å². The number of cyclic esters (lactones) is 1. The molecule has 2 aromatic carbocycles. The van der Waals surface area contributed by atoms with Crippen molar-refractivity contribution in [1.82, 2.24) is 0 Å². The summed E-state index contributed by atoms with van der Waals surface area (Å²) >= 11 is 0. The SMILES string of the molecule is O=C1OC(c2ccc(F)cc2)C=C1Nc1ccccc1. The summed E-state index contributed by atoms with van der Waals surface area (Å²) < 4.78 is 18.1. The van der Waals surface area contributed by atoms with Crippen molar-refractivity contribution >= 4 is 11.7 Å². The number of carbonyl (C=O) groups excluding carboxylic acids is 1. The van der Waals surface area contributed by atoms with Crippen LogP contribution in [-0.4, -0.2) is 5.97 Å². The fourth-order valence-electron chi connectivity index (χ4n) is 2.02. The normalized spacial score (nSPS) is 17.6. The van der Waals surface area contributed by atoms with Gasteiger partial charge in [-0.2, -0.15) is 0 Å². The predicted molar refractivity (Wildman–Crippen MR) is 73.4 cm³/mol. The van der Waals surface area contributed by atoms with Gasteiger partial charge in [-0.3, -0.25) is 0 Å². The first-order chi connectivity index (χ1) is 9.72. The van der Waals surface area contributed by atoms with Crippen molar-refractivity contribution in [3.8, 4) is 0 Å². The standard InChI is InChI=1S/C16H12FNO2/c17-12-8-6-11(7-9-12)15-10-14(16(19)20-15)18-13-4-2-1-3-5-13/h1-10,15,18H. The molecule has 0 bridgehead atoms. The van der Waals surface area contributed by atoms with Gasteiger partial charge in [0.15, 0.2) is 0 Å². The van der Waals surface area contributed by atoms with E-state index in [1.807, 2.05) is 30.3 Å². The molecule has 1 aliphatic rings. The average Bonchev–Trinajstić information content (AvgIpc) is 2.82. The minimum Gasteiger partial charge on any atom is -0.448 e. The van der Waals surface area contributed by atoms with Crippen molar-refractivity contribution in [1.29, 1.82) is 0 Å².